The maximum absolute atomic E-state index is 13.0. The van der Waals surface area contributed by atoms with E-state index in [2.05, 4.69) is 10.3 Å². The number of thioether (sulfide) groups is 1. The van der Waals surface area contributed by atoms with E-state index in [1.807, 2.05) is 19.9 Å². The van der Waals surface area contributed by atoms with Crippen molar-refractivity contribution in [2.24, 2.45) is 0 Å². The van der Waals surface area contributed by atoms with Crippen LogP contribution in [0.3, 0.4) is 0 Å². The minimum Gasteiger partial charge on any atom is -0.319 e. The standard InChI is InChI=1S/C21H22N4O4S/c1-4-13(2)24-20(27)15-9-5-6-10-16(15)23-21(24)30-14(3)19(26)22-17-11-7-8-12-18(17)25(28)29/h5-14H,4H2,1-3H3,(H,22,26). The van der Waals surface area contributed by atoms with Gasteiger partial charge in [-0.05, 0) is 38.5 Å². The molecule has 1 heterocycles. The average Bonchev–Trinajstić information content (AvgIpc) is 2.73. The highest BCUT2D eigenvalue weighted by molar-refractivity contribution is 8.00. The third-order valence-corrected chi connectivity index (χ3v) is 5.88. The lowest BCUT2D eigenvalue weighted by atomic mass is 10.2. The molecule has 3 aromatic rings. The molecule has 1 aromatic heterocycles. The number of nitro benzene ring substituents is 1. The van der Waals surface area contributed by atoms with E-state index in [-0.39, 0.29) is 23.0 Å². The number of para-hydroxylation sites is 3. The first-order valence-corrected chi connectivity index (χ1v) is 10.4. The van der Waals surface area contributed by atoms with Crippen molar-refractivity contribution in [3.05, 3.63) is 69.0 Å². The third-order valence-electron chi connectivity index (χ3n) is 4.82. The molecule has 2 aromatic carbocycles. The maximum Gasteiger partial charge on any atom is 0.292 e. The lowest BCUT2D eigenvalue weighted by molar-refractivity contribution is -0.383. The molecule has 156 valence electrons. The molecule has 1 N–H and O–H groups in total. The van der Waals surface area contributed by atoms with Crippen LogP contribution in [-0.2, 0) is 4.79 Å². The second-order valence-electron chi connectivity index (χ2n) is 6.87. The van der Waals surface area contributed by atoms with Crippen LogP contribution in [0, 0.1) is 10.1 Å². The van der Waals surface area contributed by atoms with E-state index in [0.29, 0.717) is 16.1 Å². The summed E-state index contributed by atoms with van der Waals surface area (Å²) in [4.78, 5) is 41.0. The van der Waals surface area contributed by atoms with Crippen molar-refractivity contribution in [2.45, 2.75) is 43.6 Å². The van der Waals surface area contributed by atoms with Crippen molar-refractivity contribution in [1.82, 2.24) is 9.55 Å². The van der Waals surface area contributed by atoms with Crippen LogP contribution in [0.25, 0.3) is 10.9 Å². The summed E-state index contributed by atoms with van der Waals surface area (Å²) in [5, 5.41) is 14.1. The van der Waals surface area contributed by atoms with Gasteiger partial charge >= 0.3 is 0 Å². The molecule has 0 fully saturated rings. The van der Waals surface area contributed by atoms with E-state index in [4.69, 9.17) is 0 Å². The van der Waals surface area contributed by atoms with Gasteiger partial charge in [0.05, 0.1) is 21.1 Å². The molecular weight excluding hydrogens is 404 g/mol. The van der Waals surface area contributed by atoms with Gasteiger partial charge in [-0.15, -0.1) is 0 Å². The Morgan fingerprint density at radius 1 is 1.20 bits per heavy atom. The minimum atomic E-state index is -0.631. The monoisotopic (exact) mass is 426 g/mol. The Balaban J connectivity index is 1.93. The third kappa shape index (κ3) is 4.35. The van der Waals surface area contributed by atoms with Crippen LogP contribution < -0.4 is 10.9 Å². The van der Waals surface area contributed by atoms with Crippen LogP contribution in [0.1, 0.15) is 33.2 Å². The molecule has 2 unspecified atom stereocenters. The smallest absolute Gasteiger partial charge is 0.292 e. The number of rotatable bonds is 7. The van der Waals surface area contributed by atoms with Gasteiger partial charge in [0.15, 0.2) is 5.16 Å². The van der Waals surface area contributed by atoms with E-state index in [0.717, 1.165) is 18.2 Å². The van der Waals surface area contributed by atoms with Crippen LogP contribution in [0.5, 0.6) is 0 Å². The zero-order valence-corrected chi connectivity index (χ0v) is 17.7. The molecule has 0 saturated carbocycles. The largest absolute Gasteiger partial charge is 0.319 e. The topological polar surface area (TPSA) is 107 Å². The average molecular weight is 426 g/mol. The lowest BCUT2D eigenvalue weighted by Crippen LogP contribution is -2.28. The van der Waals surface area contributed by atoms with E-state index in [9.17, 15) is 19.7 Å². The Kier molecular flexibility index (Phi) is 6.51. The SMILES string of the molecule is CCC(C)n1c(SC(C)C(=O)Nc2ccccc2[N+](=O)[O-])nc2ccccc2c1=O. The molecule has 0 bridgehead atoms. The fraction of sp³-hybridized carbons (Fsp3) is 0.286. The van der Waals surface area contributed by atoms with Crippen molar-refractivity contribution in [3.8, 4) is 0 Å². The quantitative estimate of drug-likeness (QED) is 0.260. The van der Waals surface area contributed by atoms with Crippen LogP contribution in [0.15, 0.2) is 58.5 Å². The highest BCUT2D eigenvalue weighted by Gasteiger charge is 2.23. The number of aromatic nitrogens is 2. The number of amides is 1. The van der Waals surface area contributed by atoms with Gasteiger partial charge in [0, 0.05) is 12.1 Å². The zero-order valence-electron chi connectivity index (χ0n) is 16.9. The van der Waals surface area contributed by atoms with E-state index < -0.39 is 16.1 Å². The first kappa shape index (κ1) is 21.5. The van der Waals surface area contributed by atoms with E-state index >= 15 is 0 Å². The number of nitrogens with zero attached hydrogens (tertiary/aromatic N) is 3. The van der Waals surface area contributed by atoms with Gasteiger partial charge in [0.25, 0.3) is 11.2 Å². The van der Waals surface area contributed by atoms with Crippen LogP contribution in [0.2, 0.25) is 0 Å². The number of anilines is 1. The predicted molar refractivity (Wildman–Crippen MR) is 118 cm³/mol. The molecule has 0 aliphatic carbocycles. The molecule has 1 amide bonds. The number of fused-ring (bicyclic) bond motifs is 1. The number of nitro groups is 1. The number of benzene rings is 2. The molecule has 8 nitrogen and oxygen atoms in total. The molecule has 0 saturated heterocycles. The zero-order chi connectivity index (χ0) is 21.8. The molecule has 3 rings (SSSR count). The first-order chi connectivity index (χ1) is 14.3. The summed E-state index contributed by atoms with van der Waals surface area (Å²) in [7, 11) is 0. The van der Waals surface area contributed by atoms with Gasteiger partial charge in [-0.1, -0.05) is 43.0 Å². The van der Waals surface area contributed by atoms with E-state index in [1.165, 1.54) is 18.2 Å². The van der Waals surface area contributed by atoms with Crippen molar-refractivity contribution >= 4 is 39.9 Å². The molecule has 9 heteroatoms. The molecule has 2 atom stereocenters. The summed E-state index contributed by atoms with van der Waals surface area (Å²) in [6.07, 6.45) is 0.726. The number of nitrogens with one attached hydrogen (secondary N) is 1. The fourth-order valence-corrected chi connectivity index (χ4v) is 3.97. The Bertz CT molecular complexity index is 1160. The fourth-order valence-electron chi connectivity index (χ4n) is 2.96. The van der Waals surface area contributed by atoms with Gasteiger partial charge in [-0.25, -0.2) is 4.98 Å². The molecule has 0 radical (unpaired) electrons. The summed E-state index contributed by atoms with van der Waals surface area (Å²) in [6.45, 7) is 5.59. The number of carbonyl (C=O) groups is 1. The molecule has 0 aliphatic rings. The number of hydrogen-bond acceptors (Lipinski definition) is 6. The molecule has 0 spiro atoms. The van der Waals surface area contributed by atoms with Gasteiger partial charge in [0.2, 0.25) is 5.91 Å². The highest BCUT2D eigenvalue weighted by atomic mass is 32.2. The Morgan fingerprint density at radius 3 is 2.57 bits per heavy atom. The minimum absolute atomic E-state index is 0.0948. The van der Waals surface area contributed by atoms with Crippen molar-refractivity contribution in [1.29, 1.82) is 0 Å². The van der Waals surface area contributed by atoms with Gasteiger partial charge in [0.1, 0.15) is 5.69 Å². The Morgan fingerprint density at radius 2 is 1.87 bits per heavy atom. The number of hydrogen-bond donors (Lipinski definition) is 1. The number of carbonyl (C=O) groups excluding carboxylic acids is 1. The molecule has 30 heavy (non-hydrogen) atoms. The Labute approximate surface area is 177 Å². The van der Waals surface area contributed by atoms with Crippen molar-refractivity contribution in [2.75, 3.05) is 5.32 Å². The maximum atomic E-state index is 13.0. The second kappa shape index (κ2) is 9.08. The van der Waals surface area contributed by atoms with Crippen molar-refractivity contribution in [3.63, 3.8) is 0 Å². The van der Waals surface area contributed by atoms with Gasteiger partial charge in [-0.2, -0.15) is 0 Å². The van der Waals surface area contributed by atoms with Crippen LogP contribution in [0.4, 0.5) is 11.4 Å². The summed E-state index contributed by atoms with van der Waals surface area (Å²) >= 11 is 1.15. The molecular formula is C21H22N4O4S. The van der Waals surface area contributed by atoms with Gasteiger partial charge < -0.3 is 5.32 Å². The summed E-state index contributed by atoms with van der Waals surface area (Å²) in [5.41, 5.74) is 0.369. The van der Waals surface area contributed by atoms with E-state index in [1.54, 1.807) is 35.8 Å². The summed E-state index contributed by atoms with van der Waals surface area (Å²) < 4.78 is 1.61. The molecule has 0 aliphatic heterocycles. The summed E-state index contributed by atoms with van der Waals surface area (Å²) in [6, 6.07) is 13.0. The summed E-state index contributed by atoms with van der Waals surface area (Å²) in [5.74, 6) is -0.410. The lowest BCUT2D eigenvalue weighted by Gasteiger charge is -2.20. The van der Waals surface area contributed by atoms with Crippen LogP contribution in [-0.4, -0.2) is 25.6 Å². The van der Waals surface area contributed by atoms with Crippen molar-refractivity contribution < 1.29 is 9.72 Å². The Hall–Kier alpha value is -3.20. The van der Waals surface area contributed by atoms with Crippen LogP contribution >= 0.6 is 11.8 Å². The highest BCUT2D eigenvalue weighted by Crippen LogP contribution is 2.28. The normalized spacial score (nSPS) is 13.0. The first-order valence-electron chi connectivity index (χ1n) is 9.55. The van der Waals surface area contributed by atoms with Gasteiger partial charge in [-0.3, -0.25) is 24.3 Å². The predicted octanol–water partition coefficient (Wildman–Crippen LogP) is 4.40. The second-order valence-corrected chi connectivity index (χ2v) is 8.18.